The molecule has 5 N–H and O–H groups in total. The monoisotopic (exact) mass is 223 g/mol. The van der Waals surface area contributed by atoms with E-state index >= 15 is 0 Å². The van der Waals surface area contributed by atoms with E-state index in [0.29, 0.717) is 10.8 Å². The number of nitrogens with two attached hydrogens (primary N) is 1. The molecule has 0 spiro atoms. The number of likely N-dealkylation sites (tertiary alicyclic amines) is 1. The molecule has 16 heavy (non-hydrogen) atoms. The maximum atomic E-state index is 9.41. The van der Waals surface area contributed by atoms with Gasteiger partial charge in [0.15, 0.2) is 5.84 Å². The zero-order chi connectivity index (χ0) is 11.7. The van der Waals surface area contributed by atoms with Gasteiger partial charge >= 0.3 is 0 Å². The van der Waals surface area contributed by atoms with Crippen LogP contribution < -0.4 is 5.73 Å². The standard InChI is InChI=1S/C10H17N5O/c11-8-6-7(9(12)10(13)15(8)16)14-4-2-1-3-5-14/h6,8,12-13,16H,1-5,11H2. The summed E-state index contributed by atoms with van der Waals surface area (Å²) in [5.41, 5.74) is 6.39. The minimum atomic E-state index is -0.724. The fourth-order valence-electron chi connectivity index (χ4n) is 2.10. The van der Waals surface area contributed by atoms with Crippen molar-refractivity contribution < 1.29 is 5.21 Å². The van der Waals surface area contributed by atoms with Crippen molar-refractivity contribution in [3.63, 3.8) is 0 Å². The molecule has 0 saturated carbocycles. The molecule has 2 aliphatic heterocycles. The summed E-state index contributed by atoms with van der Waals surface area (Å²) in [6.07, 6.45) is 4.35. The Balaban J connectivity index is 2.22. The van der Waals surface area contributed by atoms with Crippen molar-refractivity contribution in [2.75, 3.05) is 13.1 Å². The van der Waals surface area contributed by atoms with Gasteiger partial charge in [-0.1, -0.05) is 0 Å². The fourth-order valence-corrected chi connectivity index (χ4v) is 2.10. The first-order valence-corrected chi connectivity index (χ1v) is 5.49. The van der Waals surface area contributed by atoms with Crippen LogP contribution >= 0.6 is 0 Å². The van der Waals surface area contributed by atoms with Gasteiger partial charge in [0.05, 0.1) is 5.70 Å². The topological polar surface area (TPSA) is 100 Å². The molecule has 0 radical (unpaired) electrons. The Morgan fingerprint density at radius 3 is 2.50 bits per heavy atom. The third kappa shape index (κ3) is 1.81. The van der Waals surface area contributed by atoms with E-state index in [4.69, 9.17) is 16.6 Å². The second kappa shape index (κ2) is 4.23. The number of amidine groups is 1. The number of nitrogens with one attached hydrogen (secondary N) is 2. The number of nitrogens with zero attached hydrogens (tertiary/aromatic N) is 2. The van der Waals surface area contributed by atoms with Gasteiger partial charge in [0.25, 0.3) is 0 Å². The Hall–Kier alpha value is -1.40. The van der Waals surface area contributed by atoms with Crippen LogP contribution in [0.2, 0.25) is 0 Å². The van der Waals surface area contributed by atoms with E-state index < -0.39 is 6.17 Å². The third-order valence-corrected chi connectivity index (χ3v) is 3.03. The van der Waals surface area contributed by atoms with E-state index in [9.17, 15) is 5.21 Å². The van der Waals surface area contributed by atoms with Crippen LogP contribution in [0.15, 0.2) is 11.8 Å². The highest BCUT2D eigenvalue weighted by Gasteiger charge is 2.30. The summed E-state index contributed by atoms with van der Waals surface area (Å²) in [5, 5.41) is 25.4. The van der Waals surface area contributed by atoms with Gasteiger partial charge in [-0.3, -0.25) is 16.0 Å². The quantitative estimate of drug-likeness (QED) is 0.515. The van der Waals surface area contributed by atoms with Crippen LogP contribution in [0.3, 0.4) is 0 Å². The number of piperidine rings is 1. The summed E-state index contributed by atoms with van der Waals surface area (Å²) in [5.74, 6) is -0.226. The highest BCUT2D eigenvalue weighted by molar-refractivity contribution is 6.45. The molecule has 1 unspecified atom stereocenters. The molecule has 0 aromatic heterocycles. The lowest BCUT2D eigenvalue weighted by Gasteiger charge is -2.36. The van der Waals surface area contributed by atoms with Crippen molar-refractivity contribution in [3.8, 4) is 0 Å². The van der Waals surface area contributed by atoms with E-state index in [1.165, 1.54) is 6.42 Å². The van der Waals surface area contributed by atoms with E-state index in [2.05, 4.69) is 4.90 Å². The predicted molar refractivity (Wildman–Crippen MR) is 60.6 cm³/mol. The largest absolute Gasteiger partial charge is 0.370 e. The van der Waals surface area contributed by atoms with Crippen LogP contribution in [0.25, 0.3) is 0 Å². The minimum absolute atomic E-state index is 0.0473. The number of rotatable bonds is 1. The van der Waals surface area contributed by atoms with Crippen molar-refractivity contribution in [2.45, 2.75) is 25.4 Å². The Kier molecular flexibility index (Phi) is 2.93. The Labute approximate surface area is 94.3 Å². The maximum absolute atomic E-state index is 9.41. The second-order valence-electron chi connectivity index (χ2n) is 4.16. The molecule has 88 valence electrons. The Morgan fingerprint density at radius 1 is 1.25 bits per heavy atom. The summed E-state index contributed by atoms with van der Waals surface area (Å²) in [7, 11) is 0. The molecule has 1 atom stereocenters. The molecule has 2 aliphatic rings. The Morgan fingerprint density at radius 2 is 1.88 bits per heavy atom. The van der Waals surface area contributed by atoms with Gasteiger partial charge < -0.3 is 10.6 Å². The molecule has 0 aromatic carbocycles. The molecule has 1 fully saturated rings. The summed E-state index contributed by atoms with van der Waals surface area (Å²) in [6, 6.07) is 0. The van der Waals surface area contributed by atoms with Gasteiger partial charge in [-0.05, 0) is 25.3 Å². The predicted octanol–water partition coefficient (Wildman–Crippen LogP) is 0.343. The molecule has 0 aromatic rings. The van der Waals surface area contributed by atoms with Crippen LogP contribution in [0.1, 0.15) is 19.3 Å². The maximum Gasteiger partial charge on any atom is 0.174 e. The first-order valence-electron chi connectivity index (χ1n) is 5.49. The smallest absolute Gasteiger partial charge is 0.174 e. The first-order chi connectivity index (χ1) is 7.61. The number of hydrogen-bond donors (Lipinski definition) is 4. The first kappa shape index (κ1) is 11.1. The summed E-state index contributed by atoms with van der Waals surface area (Å²) >= 11 is 0. The van der Waals surface area contributed by atoms with Gasteiger partial charge in [0, 0.05) is 13.1 Å². The second-order valence-corrected chi connectivity index (χ2v) is 4.16. The lowest BCUT2D eigenvalue weighted by Crippen LogP contribution is -2.51. The van der Waals surface area contributed by atoms with Crippen molar-refractivity contribution in [1.29, 1.82) is 10.8 Å². The van der Waals surface area contributed by atoms with E-state index in [0.717, 1.165) is 25.9 Å². The van der Waals surface area contributed by atoms with Gasteiger partial charge in [-0.2, -0.15) is 0 Å². The van der Waals surface area contributed by atoms with Gasteiger partial charge in [-0.15, -0.1) is 0 Å². The lowest BCUT2D eigenvalue weighted by molar-refractivity contribution is -0.0372. The number of hydrogen-bond acceptors (Lipinski definition) is 5. The highest BCUT2D eigenvalue weighted by Crippen LogP contribution is 2.19. The van der Waals surface area contributed by atoms with Gasteiger partial charge in [-0.25, -0.2) is 5.06 Å². The average molecular weight is 223 g/mol. The van der Waals surface area contributed by atoms with E-state index in [1.54, 1.807) is 6.08 Å². The molecule has 0 amide bonds. The zero-order valence-corrected chi connectivity index (χ0v) is 9.11. The highest BCUT2D eigenvalue weighted by atomic mass is 16.5. The van der Waals surface area contributed by atoms with Crippen molar-refractivity contribution in [2.24, 2.45) is 5.73 Å². The Bertz CT molecular complexity index is 345. The molecule has 0 bridgehead atoms. The molecule has 6 nitrogen and oxygen atoms in total. The van der Waals surface area contributed by atoms with Crippen molar-refractivity contribution >= 4 is 11.5 Å². The third-order valence-electron chi connectivity index (χ3n) is 3.03. The van der Waals surface area contributed by atoms with Gasteiger partial charge in [0.2, 0.25) is 0 Å². The van der Waals surface area contributed by atoms with Crippen LogP contribution in [0.4, 0.5) is 0 Å². The van der Waals surface area contributed by atoms with Crippen molar-refractivity contribution in [1.82, 2.24) is 9.96 Å². The molecule has 2 rings (SSSR count). The van der Waals surface area contributed by atoms with Crippen molar-refractivity contribution in [3.05, 3.63) is 11.8 Å². The van der Waals surface area contributed by atoms with Crippen LogP contribution in [0.5, 0.6) is 0 Å². The van der Waals surface area contributed by atoms with Crippen LogP contribution in [-0.4, -0.2) is 46.0 Å². The minimum Gasteiger partial charge on any atom is -0.370 e. The van der Waals surface area contributed by atoms with E-state index in [-0.39, 0.29) is 11.5 Å². The average Bonchev–Trinajstić information content (AvgIpc) is 2.32. The molecule has 1 saturated heterocycles. The summed E-state index contributed by atoms with van der Waals surface area (Å²) in [6.45, 7) is 1.80. The SMILES string of the molecule is N=C1C(=N)N(O)C(N)C=C1N1CCCCC1. The lowest BCUT2D eigenvalue weighted by atomic mass is 10.1. The molecule has 0 aliphatic carbocycles. The summed E-state index contributed by atoms with van der Waals surface area (Å²) < 4.78 is 0. The molecule has 6 heteroatoms. The molecular formula is C10H17N5O. The zero-order valence-electron chi connectivity index (χ0n) is 9.11. The van der Waals surface area contributed by atoms with Gasteiger partial charge in [0.1, 0.15) is 11.9 Å². The molecule has 2 heterocycles. The summed E-state index contributed by atoms with van der Waals surface area (Å²) in [4.78, 5) is 2.08. The fraction of sp³-hybridized carbons (Fsp3) is 0.600. The van der Waals surface area contributed by atoms with Crippen LogP contribution in [0, 0.1) is 10.8 Å². The molecular weight excluding hydrogens is 206 g/mol. The van der Waals surface area contributed by atoms with E-state index in [1.807, 2.05) is 0 Å². The number of hydroxylamine groups is 2. The normalized spacial score (nSPS) is 27.1. The van der Waals surface area contributed by atoms with Crippen LogP contribution in [-0.2, 0) is 0 Å².